The number of nitrogens with one attached hydrogen (secondary N) is 1. The third-order valence-corrected chi connectivity index (χ3v) is 4.60. The molecule has 9 heteroatoms. The molecule has 0 spiro atoms. The summed E-state index contributed by atoms with van der Waals surface area (Å²) in [5, 5.41) is 5.15. The lowest BCUT2D eigenvalue weighted by atomic mass is 10.3. The zero-order chi connectivity index (χ0) is 19.3. The van der Waals surface area contributed by atoms with Crippen molar-refractivity contribution in [2.24, 2.45) is 0 Å². The fourth-order valence-electron chi connectivity index (χ4n) is 2.57. The summed E-state index contributed by atoms with van der Waals surface area (Å²) in [5.41, 5.74) is 2.60. The van der Waals surface area contributed by atoms with Gasteiger partial charge in [0.15, 0.2) is 5.13 Å². The molecule has 4 aromatic heterocycles. The predicted molar refractivity (Wildman–Crippen MR) is 106 cm³/mol. The Morgan fingerprint density at radius 1 is 1.14 bits per heavy atom. The van der Waals surface area contributed by atoms with Crippen LogP contribution in [-0.4, -0.2) is 37.0 Å². The van der Waals surface area contributed by atoms with Gasteiger partial charge in [0, 0.05) is 17.8 Å². The summed E-state index contributed by atoms with van der Waals surface area (Å²) in [4.78, 5) is 29.5. The van der Waals surface area contributed by atoms with E-state index in [-0.39, 0.29) is 5.91 Å². The molecule has 0 fully saturated rings. The Hall–Kier alpha value is -3.59. The van der Waals surface area contributed by atoms with Crippen LogP contribution in [0.15, 0.2) is 60.8 Å². The average molecular weight is 392 g/mol. The summed E-state index contributed by atoms with van der Waals surface area (Å²) in [7, 11) is 0. The number of thiazole rings is 1. The van der Waals surface area contributed by atoms with Crippen molar-refractivity contribution in [1.82, 2.24) is 24.5 Å². The van der Waals surface area contributed by atoms with Crippen LogP contribution < -0.4 is 10.1 Å². The van der Waals surface area contributed by atoms with Crippen molar-refractivity contribution in [3.63, 3.8) is 0 Å². The molecule has 0 saturated heterocycles. The third kappa shape index (κ3) is 3.74. The number of anilines is 1. The van der Waals surface area contributed by atoms with Crippen molar-refractivity contribution in [3.8, 4) is 22.8 Å². The number of pyridine rings is 2. The second-order valence-corrected chi connectivity index (χ2v) is 6.52. The van der Waals surface area contributed by atoms with Crippen LogP contribution in [0.3, 0.4) is 0 Å². The smallest absolute Gasteiger partial charge is 0.276 e. The number of aromatic nitrogens is 5. The van der Waals surface area contributed by atoms with Gasteiger partial charge in [-0.25, -0.2) is 9.97 Å². The van der Waals surface area contributed by atoms with Crippen LogP contribution in [0.25, 0.3) is 17.1 Å². The molecule has 140 valence electrons. The summed E-state index contributed by atoms with van der Waals surface area (Å²) in [6, 6.07) is 7.29. The van der Waals surface area contributed by atoms with Gasteiger partial charge in [0.1, 0.15) is 17.1 Å². The van der Waals surface area contributed by atoms with Gasteiger partial charge < -0.3 is 4.74 Å². The molecular weight excluding hydrogens is 376 g/mol. The van der Waals surface area contributed by atoms with E-state index in [2.05, 4.69) is 25.3 Å². The van der Waals surface area contributed by atoms with E-state index < -0.39 is 0 Å². The first-order valence-electron chi connectivity index (χ1n) is 8.53. The fraction of sp³-hybridized carbons (Fsp3) is 0.105. The van der Waals surface area contributed by atoms with Crippen LogP contribution in [0.1, 0.15) is 17.4 Å². The van der Waals surface area contributed by atoms with E-state index in [0.717, 1.165) is 5.69 Å². The van der Waals surface area contributed by atoms with E-state index >= 15 is 0 Å². The van der Waals surface area contributed by atoms with Gasteiger partial charge in [-0.3, -0.25) is 24.6 Å². The van der Waals surface area contributed by atoms with Crippen LogP contribution in [0.5, 0.6) is 5.75 Å². The predicted octanol–water partition coefficient (Wildman–Crippen LogP) is 3.44. The Balaban J connectivity index is 1.50. The molecule has 4 rings (SSSR count). The van der Waals surface area contributed by atoms with Gasteiger partial charge in [-0.1, -0.05) is 0 Å². The molecule has 8 nitrogen and oxygen atoms in total. The topological polar surface area (TPSA) is 94.8 Å². The zero-order valence-corrected chi connectivity index (χ0v) is 15.8. The highest BCUT2D eigenvalue weighted by molar-refractivity contribution is 7.14. The molecule has 0 saturated carbocycles. The maximum atomic E-state index is 12.7. The Morgan fingerprint density at radius 3 is 2.75 bits per heavy atom. The molecule has 0 aliphatic carbocycles. The Morgan fingerprint density at radius 2 is 2.00 bits per heavy atom. The minimum absolute atomic E-state index is 0.296. The number of nitrogens with zero attached hydrogens (tertiary/aromatic N) is 5. The lowest BCUT2D eigenvalue weighted by molar-refractivity contribution is 0.102. The highest BCUT2D eigenvalue weighted by Gasteiger charge is 2.15. The summed E-state index contributed by atoms with van der Waals surface area (Å²) >= 11 is 1.33. The van der Waals surface area contributed by atoms with Gasteiger partial charge >= 0.3 is 0 Å². The molecular formula is C19H16N6O2S. The molecule has 28 heavy (non-hydrogen) atoms. The Labute approximate surface area is 164 Å². The first-order valence-corrected chi connectivity index (χ1v) is 9.41. The van der Waals surface area contributed by atoms with Gasteiger partial charge in [0.05, 0.1) is 36.7 Å². The van der Waals surface area contributed by atoms with E-state index in [4.69, 9.17) is 4.74 Å². The van der Waals surface area contributed by atoms with E-state index in [1.807, 2.05) is 24.4 Å². The number of carbonyl (C=O) groups excluding carboxylic acids is 1. The molecule has 0 unspecified atom stereocenters. The molecule has 0 atom stereocenters. The molecule has 0 aromatic carbocycles. The number of rotatable bonds is 6. The van der Waals surface area contributed by atoms with Gasteiger partial charge in [0.2, 0.25) is 0 Å². The lowest BCUT2D eigenvalue weighted by Crippen LogP contribution is -2.16. The number of imidazole rings is 1. The number of carbonyl (C=O) groups is 1. The molecule has 4 aromatic rings. The first-order chi connectivity index (χ1) is 13.7. The van der Waals surface area contributed by atoms with E-state index in [1.54, 1.807) is 41.6 Å². The molecule has 4 heterocycles. The quantitative estimate of drug-likeness (QED) is 0.540. The van der Waals surface area contributed by atoms with Crippen LogP contribution in [0, 0.1) is 0 Å². The maximum absolute atomic E-state index is 12.7. The minimum atomic E-state index is -0.296. The molecule has 0 radical (unpaired) electrons. The van der Waals surface area contributed by atoms with Crippen LogP contribution in [0.4, 0.5) is 5.13 Å². The van der Waals surface area contributed by atoms with Crippen molar-refractivity contribution in [2.75, 3.05) is 11.9 Å². The summed E-state index contributed by atoms with van der Waals surface area (Å²) in [6.45, 7) is 2.51. The zero-order valence-electron chi connectivity index (χ0n) is 14.9. The van der Waals surface area contributed by atoms with E-state index in [1.165, 1.54) is 17.5 Å². The van der Waals surface area contributed by atoms with Gasteiger partial charge in [-0.05, 0) is 31.2 Å². The minimum Gasteiger partial charge on any atom is -0.492 e. The van der Waals surface area contributed by atoms with Gasteiger partial charge in [-0.2, -0.15) is 0 Å². The standard InChI is InChI=1S/C19H16N6O2S/c1-2-27-14-3-4-15(22-9-14)16-11-28-19(23-16)24-18(26)17-10-21-12-25(17)13-5-7-20-8-6-13/h3-12H,2H2,1H3,(H,23,24,26). The second kappa shape index (κ2) is 7.97. The van der Waals surface area contributed by atoms with Crippen molar-refractivity contribution < 1.29 is 9.53 Å². The number of hydrogen-bond donors (Lipinski definition) is 1. The number of ether oxygens (including phenoxy) is 1. The van der Waals surface area contributed by atoms with E-state index in [0.29, 0.717) is 34.6 Å². The number of amides is 1. The first kappa shape index (κ1) is 17.8. The lowest BCUT2D eigenvalue weighted by Gasteiger charge is -2.07. The third-order valence-electron chi connectivity index (χ3n) is 3.85. The highest BCUT2D eigenvalue weighted by atomic mass is 32.1. The molecule has 0 aliphatic heterocycles. The van der Waals surface area contributed by atoms with Crippen molar-refractivity contribution in [2.45, 2.75) is 6.92 Å². The van der Waals surface area contributed by atoms with E-state index in [9.17, 15) is 4.79 Å². The largest absolute Gasteiger partial charge is 0.492 e. The highest BCUT2D eigenvalue weighted by Crippen LogP contribution is 2.25. The van der Waals surface area contributed by atoms with Crippen LogP contribution >= 0.6 is 11.3 Å². The summed E-state index contributed by atoms with van der Waals surface area (Å²) < 4.78 is 7.09. The fourth-order valence-corrected chi connectivity index (χ4v) is 3.27. The summed E-state index contributed by atoms with van der Waals surface area (Å²) in [5.74, 6) is 0.411. The number of hydrogen-bond acceptors (Lipinski definition) is 7. The Kier molecular flexibility index (Phi) is 5.07. The van der Waals surface area contributed by atoms with Crippen LogP contribution in [0.2, 0.25) is 0 Å². The molecule has 0 bridgehead atoms. The second-order valence-electron chi connectivity index (χ2n) is 5.66. The van der Waals surface area contributed by atoms with Crippen LogP contribution in [-0.2, 0) is 0 Å². The van der Waals surface area contributed by atoms with Gasteiger partial charge in [-0.15, -0.1) is 11.3 Å². The molecule has 1 N–H and O–H groups in total. The maximum Gasteiger partial charge on any atom is 0.276 e. The molecule has 1 amide bonds. The SMILES string of the molecule is CCOc1ccc(-c2csc(NC(=O)c3cncn3-c3ccncc3)n2)nc1. The molecule has 0 aliphatic rings. The van der Waals surface area contributed by atoms with Crippen molar-refractivity contribution in [1.29, 1.82) is 0 Å². The average Bonchev–Trinajstić information content (AvgIpc) is 3.39. The van der Waals surface area contributed by atoms with Gasteiger partial charge in [0.25, 0.3) is 5.91 Å². The normalized spacial score (nSPS) is 10.6. The Bertz CT molecular complexity index is 1080. The monoisotopic (exact) mass is 392 g/mol. The van der Waals surface area contributed by atoms with Crippen molar-refractivity contribution >= 4 is 22.4 Å². The summed E-state index contributed by atoms with van der Waals surface area (Å²) in [6.07, 6.45) is 8.07. The van der Waals surface area contributed by atoms with Crippen molar-refractivity contribution in [3.05, 3.63) is 66.5 Å².